The Morgan fingerprint density at radius 1 is 1.59 bits per heavy atom. The molecule has 7 heteroatoms. The van der Waals surface area contributed by atoms with Crippen LogP contribution < -0.4 is 10.6 Å². The van der Waals surface area contributed by atoms with Crippen LogP contribution >= 0.6 is 22.6 Å². The normalized spacial score (nSPS) is 11.9. The number of nitrogens with one attached hydrogen (secondary N) is 2. The standard InChI is InChI=1S/C10H15IN4O2/c1-7(15-6-8(11)5-14-15)10(17)13-4-3-9(16)12-2/h5-7H,3-4H2,1-2H3,(H,12,16)(H,13,17). The van der Waals surface area contributed by atoms with E-state index in [9.17, 15) is 9.59 Å². The molecule has 1 aromatic rings. The molecule has 6 nitrogen and oxygen atoms in total. The highest BCUT2D eigenvalue weighted by Gasteiger charge is 2.15. The van der Waals surface area contributed by atoms with Crippen LogP contribution in [0, 0.1) is 3.57 Å². The second kappa shape index (κ2) is 6.58. The molecule has 0 fully saturated rings. The van der Waals surface area contributed by atoms with Crippen LogP contribution in [-0.2, 0) is 9.59 Å². The van der Waals surface area contributed by atoms with Crippen LogP contribution in [0.15, 0.2) is 12.4 Å². The first-order chi connectivity index (χ1) is 8.04. The molecule has 2 N–H and O–H groups in total. The van der Waals surface area contributed by atoms with Gasteiger partial charge in [0.05, 0.1) is 9.77 Å². The Morgan fingerprint density at radius 2 is 2.29 bits per heavy atom. The fraction of sp³-hybridized carbons (Fsp3) is 0.500. The molecule has 17 heavy (non-hydrogen) atoms. The van der Waals surface area contributed by atoms with Crippen molar-refractivity contribution in [1.29, 1.82) is 0 Å². The summed E-state index contributed by atoms with van der Waals surface area (Å²) in [7, 11) is 1.57. The number of nitrogens with zero attached hydrogens (tertiary/aromatic N) is 2. The third-order valence-electron chi connectivity index (χ3n) is 2.28. The molecule has 0 spiro atoms. The zero-order chi connectivity index (χ0) is 12.8. The quantitative estimate of drug-likeness (QED) is 0.750. The van der Waals surface area contributed by atoms with E-state index >= 15 is 0 Å². The summed E-state index contributed by atoms with van der Waals surface area (Å²) in [5, 5.41) is 9.25. The first-order valence-corrected chi connectivity index (χ1v) is 6.30. The van der Waals surface area contributed by atoms with Crippen LogP contribution in [0.4, 0.5) is 0 Å². The van der Waals surface area contributed by atoms with E-state index in [4.69, 9.17) is 0 Å². The first kappa shape index (κ1) is 13.9. The molecule has 1 rings (SSSR count). The number of hydrogen-bond donors (Lipinski definition) is 2. The predicted molar refractivity (Wildman–Crippen MR) is 71.3 cm³/mol. The van der Waals surface area contributed by atoms with Crippen LogP contribution in [-0.4, -0.2) is 35.2 Å². The number of aromatic nitrogens is 2. The third-order valence-corrected chi connectivity index (χ3v) is 2.83. The van der Waals surface area contributed by atoms with Gasteiger partial charge in [0.1, 0.15) is 6.04 Å². The summed E-state index contributed by atoms with van der Waals surface area (Å²) < 4.78 is 2.57. The van der Waals surface area contributed by atoms with Gasteiger partial charge in [0.15, 0.2) is 0 Å². The van der Waals surface area contributed by atoms with Crippen LogP contribution in [0.5, 0.6) is 0 Å². The van der Waals surface area contributed by atoms with E-state index in [1.165, 1.54) is 0 Å². The maximum atomic E-state index is 11.7. The van der Waals surface area contributed by atoms with Gasteiger partial charge in [-0.3, -0.25) is 14.3 Å². The molecule has 1 unspecified atom stereocenters. The lowest BCUT2D eigenvalue weighted by molar-refractivity contribution is -0.124. The summed E-state index contributed by atoms with van der Waals surface area (Å²) in [6.45, 7) is 2.10. The van der Waals surface area contributed by atoms with E-state index in [-0.39, 0.29) is 24.3 Å². The lowest BCUT2D eigenvalue weighted by atomic mass is 10.3. The zero-order valence-electron chi connectivity index (χ0n) is 9.74. The van der Waals surface area contributed by atoms with Gasteiger partial charge < -0.3 is 10.6 Å². The Kier molecular flexibility index (Phi) is 5.39. The molecular weight excluding hydrogens is 335 g/mol. The van der Waals surface area contributed by atoms with Gasteiger partial charge in [-0.05, 0) is 29.5 Å². The van der Waals surface area contributed by atoms with Crippen LogP contribution in [0.1, 0.15) is 19.4 Å². The van der Waals surface area contributed by atoms with Crippen molar-refractivity contribution in [1.82, 2.24) is 20.4 Å². The first-order valence-electron chi connectivity index (χ1n) is 5.22. The number of hydrogen-bond acceptors (Lipinski definition) is 3. The second-order valence-corrected chi connectivity index (χ2v) is 4.77. The van der Waals surface area contributed by atoms with Crippen LogP contribution in [0.25, 0.3) is 0 Å². The number of rotatable bonds is 5. The summed E-state index contributed by atoms with van der Waals surface area (Å²) in [6.07, 6.45) is 3.77. The van der Waals surface area contributed by atoms with Crippen LogP contribution in [0.3, 0.4) is 0 Å². The van der Waals surface area contributed by atoms with Crippen molar-refractivity contribution in [2.45, 2.75) is 19.4 Å². The maximum absolute atomic E-state index is 11.7. The molecule has 2 amide bonds. The number of carbonyl (C=O) groups is 2. The van der Waals surface area contributed by atoms with Gasteiger partial charge in [-0.1, -0.05) is 0 Å². The minimum atomic E-state index is -0.372. The molecule has 1 atom stereocenters. The minimum absolute atomic E-state index is 0.0911. The summed E-state index contributed by atoms with van der Waals surface area (Å²) in [5.74, 6) is -0.236. The molecule has 0 aromatic carbocycles. The van der Waals surface area contributed by atoms with Crippen molar-refractivity contribution < 1.29 is 9.59 Å². The molecule has 1 aromatic heterocycles. The fourth-order valence-corrected chi connectivity index (χ4v) is 1.63. The monoisotopic (exact) mass is 350 g/mol. The van der Waals surface area contributed by atoms with Crippen molar-refractivity contribution in [2.75, 3.05) is 13.6 Å². The van der Waals surface area contributed by atoms with Gasteiger partial charge >= 0.3 is 0 Å². The SMILES string of the molecule is CNC(=O)CCNC(=O)C(C)n1cc(I)cn1. The molecular formula is C10H15IN4O2. The van der Waals surface area contributed by atoms with Crippen LogP contribution in [0.2, 0.25) is 0 Å². The molecule has 94 valence electrons. The summed E-state index contributed by atoms with van der Waals surface area (Å²) >= 11 is 2.13. The average molecular weight is 350 g/mol. The number of carbonyl (C=O) groups excluding carboxylic acids is 2. The second-order valence-electron chi connectivity index (χ2n) is 3.53. The van der Waals surface area contributed by atoms with Crippen molar-refractivity contribution in [3.8, 4) is 0 Å². The van der Waals surface area contributed by atoms with Gasteiger partial charge in [0, 0.05) is 26.2 Å². The van der Waals surface area contributed by atoms with E-state index in [1.54, 1.807) is 31.0 Å². The lowest BCUT2D eigenvalue weighted by Crippen LogP contribution is -2.34. The summed E-state index contributed by atoms with van der Waals surface area (Å²) in [6, 6.07) is -0.372. The molecule has 0 radical (unpaired) electrons. The number of halogens is 1. The number of amides is 2. The highest BCUT2D eigenvalue weighted by molar-refractivity contribution is 14.1. The van der Waals surface area contributed by atoms with E-state index in [2.05, 4.69) is 38.3 Å². The van der Waals surface area contributed by atoms with Gasteiger partial charge in [-0.25, -0.2) is 0 Å². The molecule has 0 saturated carbocycles. The lowest BCUT2D eigenvalue weighted by Gasteiger charge is -2.12. The Bertz CT molecular complexity index is 405. The fourth-order valence-electron chi connectivity index (χ4n) is 1.22. The van der Waals surface area contributed by atoms with Gasteiger partial charge in [0.25, 0.3) is 0 Å². The molecule has 0 aliphatic rings. The van der Waals surface area contributed by atoms with Crippen molar-refractivity contribution in [3.63, 3.8) is 0 Å². The van der Waals surface area contributed by atoms with E-state index < -0.39 is 0 Å². The highest BCUT2D eigenvalue weighted by Crippen LogP contribution is 2.08. The maximum Gasteiger partial charge on any atom is 0.244 e. The zero-order valence-corrected chi connectivity index (χ0v) is 11.9. The Hall–Kier alpha value is -1.12. The van der Waals surface area contributed by atoms with Crippen molar-refractivity contribution in [2.24, 2.45) is 0 Å². The Labute approximate surface area is 113 Å². The predicted octanol–water partition coefficient (Wildman–Crippen LogP) is 0.301. The van der Waals surface area contributed by atoms with E-state index in [1.807, 2.05) is 0 Å². The molecule has 0 aliphatic carbocycles. The third kappa shape index (κ3) is 4.33. The molecule has 0 bridgehead atoms. The van der Waals surface area contributed by atoms with Gasteiger partial charge in [-0.2, -0.15) is 5.10 Å². The smallest absolute Gasteiger partial charge is 0.244 e. The summed E-state index contributed by atoms with van der Waals surface area (Å²) in [4.78, 5) is 22.7. The average Bonchev–Trinajstić information content (AvgIpc) is 2.74. The van der Waals surface area contributed by atoms with E-state index in [0.29, 0.717) is 6.54 Å². The minimum Gasteiger partial charge on any atom is -0.359 e. The molecule has 1 heterocycles. The largest absolute Gasteiger partial charge is 0.359 e. The van der Waals surface area contributed by atoms with Crippen molar-refractivity contribution >= 4 is 34.4 Å². The molecule has 0 saturated heterocycles. The summed E-state index contributed by atoms with van der Waals surface area (Å²) in [5.41, 5.74) is 0. The Balaban J connectivity index is 2.40. The van der Waals surface area contributed by atoms with Gasteiger partial charge in [-0.15, -0.1) is 0 Å². The topological polar surface area (TPSA) is 76.0 Å². The van der Waals surface area contributed by atoms with E-state index in [0.717, 1.165) is 3.57 Å². The Morgan fingerprint density at radius 3 is 2.82 bits per heavy atom. The highest BCUT2D eigenvalue weighted by atomic mass is 127. The van der Waals surface area contributed by atoms with Crippen molar-refractivity contribution in [3.05, 3.63) is 16.0 Å². The van der Waals surface area contributed by atoms with Gasteiger partial charge in [0.2, 0.25) is 11.8 Å². The molecule has 0 aliphatic heterocycles.